The van der Waals surface area contributed by atoms with Crippen LogP contribution in [0.25, 0.3) is 11.4 Å². The van der Waals surface area contributed by atoms with Crippen molar-refractivity contribution in [1.29, 1.82) is 0 Å². The first-order valence-electron chi connectivity index (χ1n) is 8.16. The molecule has 25 heavy (non-hydrogen) atoms. The quantitative estimate of drug-likeness (QED) is 0.505. The van der Waals surface area contributed by atoms with E-state index in [9.17, 15) is 4.79 Å². The van der Waals surface area contributed by atoms with Gasteiger partial charge in [-0.05, 0) is 43.5 Å². The fourth-order valence-electron chi connectivity index (χ4n) is 2.63. The minimum Gasteiger partial charge on any atom is -0.305 e. The van der Waals surface area contributed by atoms with Gasteiger partial charge >= 0.3 is 0 Å². The molecule has 1 heterocycles. The monoisotopic (exact) mass is 351 g/mol. The summed E-state index contributed by atoms with van der Waals surface area (Å²) in [6.07, 6.45) is 0. The average molecular weight is 351 g/mol. The summed E-state index contributed by atoms with van der Waals surface area (Å²) in [7, 11) is 1.94. The lowest BCUT2D eigenvalue weighted by Gasteiger charge is -2.07. The van der Waals surface area contributed by atoms with E-state index in [2.05, 4.69) is 23.2 Å². The molecule has 1 aromatic heterocycles. The van der Waals surface area contributed by atoms with Crippen molar-refractivity contribution in [2.45, 2.75) is 25.9 Å². The van der Waals surface area contributed by atoms with E-state index in [-0.39, 0.29) is 5.78 Å². The Labute approximate surface area is 152 Å². The molecule has 0 fully saturated rings. The van der Waals surface area contributed by atoms with Crippen molar-refractivity contribution < 1.29 is 4.79 Å². The van der Waals surface area contributed by atoms with E-state index in [1.807, 2.05) is 61.9 Å². The van der Waals surface area contributed by atoms with Gasteiger partial charge in [0.25, 0.3) is 0 Å². The van der Waals surface area contributed by atoms with Crippen LogP contribution in [0.4, 0.5) is 0 Å². The van der Waals surface area contributed by atoms with Crippen molar-refractivity contribution in [3.8, 4) is 11.4 Å². The lowest BCUT2D eigenvalue weighted by Crippen LogP contribution is -2.04. The second-order valence-corrected chi connectivity index (χ2v) is 7.13. The Bertz CT molecular complexity index is 930. The predicted molar refractivity (Wildman–Crippen MR) is 102 cm³/mol. The van der Waals surface area contributed by atoms with Gasteiger partial charge in [0.15, 0.2) is 16.8 Å². The number of aromatic nitrogens is 3. The SMILES string of the molecule is Cc1ccc(C(=O)CSc2nnc(-c3ccccc3C)n2C)cc1C. The van der Waals surface area contributed by atoms with Crippen LogP contribution in [0.2, 0.25) is 0 Å². The molecular formula is C20H21N3OS. The lowest BCUT2D eigenvalue weighted by atomic mass is 10.0. The summed E-state index contributed by atoms with van der Waals surface area (Å²) >= 11 is 1.42. The Kier molecular flexibility index (Phi) is 5.04. The molecule has 0 saturated heterocycles. The van der Waals surface area contributed by atoms with Crippen LogP contribution in [0, 0.1) is 20.8 Å². The van der Waals surface area contributed by atoms with E-state index in [4.69, 9.17) is 0 Å². The molecule has 0 atom stereocenters. The van der Waals surface area contributed by atoms with Gasteiger partial charge in [0, 0.05) is 18.2 Å². The van der Waals surface area contributed by atoms with Crippen molar-refractivity contribution in [1.82, 2.24) is 14.8 Å². The van der Waals surface area contributed by atoms with Gasteiger partial charge in [0.2, 0.25) is 0 Å². The van der Waals surface area contributed by atoms with E-state index in [0.29, 0.717) is 5.75 Å². The third-order valence-electron chi connectivity index (χ3n) is 4.38. The zero-order valence-electron chi connectivity index (χ0n) is 14.9. The van der Waals surface area contributed by atoms with Crippen molar-refractivity contribution in [3.05, 3.63) is 64.7 Å². The van der Waals surface area contributed by atoms with E-state index >= 15 is 0 Å². The Hall–Kier alpha value is -2.40. The molecule has 0 amide bonds. The third-order valence-corrected chi connectivity index (χ3v) is 5.40. The minimum absolute atomic E-state index is 0.105. The molecule has 3 aromatic rings. The number of thioether (sulfide) groups is 1. The number of aryl methyl sites for hydroxylation is 3. The van der Waals surface area contributed by atoms with Crippen molar-refractivity contribution in [2.75, 3.05) is 5.75 Å². The Morgan fingerprint density at radius 3 is 2.48 bits per heavy atom. The van der Waals surface area contributed by atoms with Gasteiger partial charge < -0.3 is 4.57 Å². The van der Waals surface area contributed by atoms with Crippen LogP contribution in [0.5, 0.6) is 0 Å². The maximum atomic E-state index is 12.4. The number of carbonyl (C=O) groups excluding carboxylic acids is 1. The summed E-state index contributed by atoms with van der Waals surface area (Å²) in [5.41, 5.74) is 5.29. The molecule has 3 rings (SSSR count). The highest BCUT2D eigenvalue weighted by atomic mass is 32.2. The van der Waals surface area contributed by atoms with Gasteiger partial charge in [-0.3, -0.25) is 4.79 Å². The van der Waals surface area contributed by atoms with E-state index < -0.39 is 0 Å². The first kappa shape index (κ1) is 17.4. The molecule has 0 aliphatic rings. The Morgan fingerprint density at radius 1 is 1.00 bits per heavy atom. The van der Waals surface area contributed by atoms with Crippen LogP contribution in [0.15, 0.2) is 47.6 Å². The maximum Gasteiger partial charge on any atom is 0.191 e. The van der Waals surface area contributed by atoms with Crippen LogP contribution >= 0.6 is 11.8 Å². The molecule has 0 saturated carbocycles. The molecule has 0 aliphatic carbocycles. The van der Waals surface area contributed by atoms with Gasteiger partial charge in [-0.1, -0.05) is 48.2 Å². The normalized spacial score (nSPS) is 10.9. The fraction of sp³-hybridized carbons (Fsp3) is 0.250. The van der Waals surface area contributed by atoms with Gasteiger partial charge in [-0.2, -0.15) is 0 Å². The number of hydrogen-bond acceptors (Lipinski definition) is 4. The van der Waals surface area contributed by atoms with Crippen LogP contribution < -0.4 is 0 Å². The number of carbonyl (C=O) groups is 1. The maximum absolute atomic E-state index is 12.4. The van der Waals surface area contributed by atoms with Gasteiger partial charge in [-0.25, -0.2) is 0 Å². The summed E-state index contributed by atoms with van der Waals surface area (Å²) in [6, 6.07) is 13.9. The van der Waals surface area contributed by atoms with Crippen LogP contribution in [0.1, 0.15) is 27.0 Å². The average Bonchev–Trinajstić information content (AvgIpc) is 2.96. The first-order valence-corrected chi connectivity index (χ1v) is 9.14. The fourth-order valence-corrected chi connectivity index (χ4v) is 3.43. The molecule has 0 spiro atoms. The summed E-state index contributed by atoms with van der Waals surface area (Å²) in [4.78, 5) is 12.4. The highest BCUT2D eigenvalue weighted by Crippen LogP contribution is 2.25. The zero-order chi connectivity index (χ0) is 18.0. The molecule has 4 nitrogen and oxygen atoms in total. The van der Waals surface area contributed by atoms with Crippen molar-refractivity contribution >= 4 is 17.5 Å². The molecule has 0 aliphatic heterocycles. The van der Waals surface area contributed by atoms with E-state index in [1.165, 1.54) is 17.3 Å². The predicted octanol–water partition coefficient (Wildman–Crippen LogP) is 4.38. The topological polar surface area (TPSA) is 47.8 Å². The Balaban J connectivity index is 1.75. The van der Waals surface area contributed by atoms with Gasteiger partial charge in [0.1, 0.15) is 0 Å². The summed E-state index contributed by atoms with van der Waals surface area (Å²) in [6.45, 7) is 6.13. The molecule has 0 radical (unpaired) electrons. The molecular weight excluding hydrogens is 330 g/mol. The largest absolute Gasteiger partial charge is 0.305 e. The zero-order valence-corrected chi connectivity index (χ0v) is 15.7. The van der Waals surface area contributed by atoms with Crippen molar-refractivity contribution in [2.24, 2.45) is 7.05 Å². The summed E-state index contributed by atoms with van der Waals surface area (Å²) in [5, 5.41) is 9.30. The van der Waals surface area contributed by atoms with E-state index in [0.717, 1.165) is 33.2 Å². The molecule has 128 valence electrons. The lowest BCUT2D eigenvalue weighted by molar-refractivity contribution is 0.102. The van der Waals surface area contributed by atoms with Crippen molar-refractivity contribution in [3.63, 3.8) is 0 Å². The van der Waals surface area contributed by atoms with Crippen LogP contribution in [0.3, 0.4) is 0 Å². The molecule has 5 heteroatoms. The van der Waals surface area contributed by atoms with Crippen LogP contribution in [-0.4, -0.2) is 26.3 Å². The molecule has 0 unspecified atom stereocenters. The standard InChI is InChI=1S/C20H21N3OS/c1-13-9-10-16(11-15(13)3)18(24)12-25-20-22-21-19(23(20)4)17-8-6-5-7-14(17)2/h5-11H,12H2,1-4H3. The summed E-state index contributed by atoms with van der Waals surface area (Å²) in [5.74, 6) is 1.27. The third kappa shape index (κ3) is 3.66. The van der Waals surface area contributed by atoms with Gasteiger partial charge in [-0.15, -0.1) is 10.2 Å². The summed E-state index contributed by atoms with van der Waals surface area (Å²) < 4.78 is 1.95. The Morgan fingerprint density at radius 2 is 1.76 bits per heavy atom. The first-order chi connectivity index (χ1) is 12.0. The highest BCUT2D eigenvalue weighted by Gasteiger charge is 2.15. The number of benzene rings is 2. The molecule has 0 N–H and O–H groups in total. The number of Topliss-reactive ketones (excluding diaryl/α,β-unsaturated/α-hetero) is 1. The number of ketones is 1. The van der Waals surface area contributed by atoms with Gasteiger partial charge in [0.05, 0.1) is 5.75 Å². The number of rotatable bonds is 5. The van der Waals surface area contributed by atoms with E-state index in [1.54, 1.807) is 0 Å². The smallest absolute Gasteiger partial charge is 0.191 e. The second-order valence-electron chi connectivity index (χ2n) is 6.19. The molecule has 0 bridgehead atoms. The number of hydrogen-bond donors (Lipinski definition) is 0. The second kappa shape index (κ2) is 7.23. The molecule has 2 aromatic carbocycles. The number of nitrogens with zero attached hydrogens (tertiary/aromatic N) is 3. The minimum atomic E-state index is 0.105. The van der Waals surface area contributed by atoms with Crippen LogP contribution in [-0.2, 0) is 7.05 Å². The highest BCUT2D eigenvalue weighted by molar-refractivity contribution is 7.99.